The van der Waals surface area contributed by atoms with Crippen LogP contribution in [0, 0.1) is 34.6 Å². The number of amides is 1. The number of benzene rings is 1. The molecule has 2 N–H and O–H groups in total. The highest BCUT2D eigenvalue weighted by Gasteiger charge is 2.14. The van der Waals surface area contributed by atoms with Crippen molar-refractivity contribution in [1.29, 1.82) is 0 Å². The third-order valence-electron chi connectivity index (χ3n) is 5.05. The molecule has 0 aliphatic carbocycles. The van der Waals surface area contributed by atoms with Crippen molar-refractivity contribution in [1.82, 2.24) is 25.0 Å². The molecule has 0 aliphatic heterocycles. The van der Waals surface area contributed by atoms with Crippen LogP contribution in [-0.2, 0) is 0 Å². The second-order valence-electron chi connectivity index (χ2n) is 7.29. The zero-order valence-corrected chi connectivity index (χ0v) is 18.8. The molecule has 31 heavy (non-hydrogen) atoms. The Kier molecular flexibility index (Phi) is 5.51. The van der Waals surface area contributed by atoms with Crippen LogP contribution in [0.15, 0.2) is 36.4 Å². The maximum absolute atomic E-state index is 12.4. The highest BCUT2D eigenvalue weighted by molar-refractivity contribution is 7.13. The number of hydrogen-bond donors (Lipinski definition) is 2. The van der Waals surface area contributed by atoms with Crippen LogP contribution in [-0.4, -0.2) is 30.9 Å². The van der Waals surface area contributed by atoms with E-state index in [2.05, 4.69) is 30.9 Å². The van der Waals surface area contributed by atoms with Crippen LogP contribution in [0.25, 0.3) is 5.82 Å². The van der Waals surface area contributed by atoms with E-state index in [0.717, 1.165) is 33.3 Å². The third-order valence-corrected chi connectivity index (χ3v) is 6.12. The first-order valence-corrected chi connectivity index (χ1v) is 10.6. The predicted molar refractivity (Wildman–Crippen MR) is 123 cm³/mol. The minimum Gasteiger partial charge on any atom is -0.339 e. The molecule has 4 rings (SSSR count). The van der Waals surface area contributed by atoms with Gasteiger partial charge in [-0.2, -0.15) is 5.10 Å². The van der Waals surface area contributed by atoms with Crippen LogP contribution >= 0.6 is 11.3 Å². The largest absolute Gasteiger partial charge is 0.339 e. The van der Waals surface area contributed by atoms with E-state index < -0.39 is 0 Å². The summed E-state index contributed by atoms with van der Waals surface area (Å²) in [5.74, 6) is 1.14. The molecule has 0 fully saturated rings. The van der Waals surface area contributed by atoms with E-state index in [1.54, 1.807) is 4.68 Å². The smallest absolute Gasteiger partial charge is 0.267 e. The van der Waals surface area contributed by atoms with Gasteiger partial charge in [0.05, 0.1) is 16.4 Å². The molecule has 0 radical (unpaired) electrons. The van der Waals surface area contributed by atoms with Gasteiger partial charge in [-0.1, -0.05) is 0 Å². The average Bonchev–Trinajstić information content (AvgIpc) is 3.22. The Hall–Kier alpha value is -3.59. The fraction of sp³-hybridized carbons (Fsp3) is 0.227. The highest BCUT2D eigenvalue weighted by Crippen LogP contribution is 2.22. The molecule has 0 unspecified atom stereocenters. The summed E-state index contributed by atoms with van der Waals surface area (Å²) in [6, 6.07) is 11.2. The molecular formula is C22H23N7OS. The summed E-state index contributed by atoms with van der Waals surface area (Å²) < 4.78 is 1.80. The lowest BCUT2D eigenvalue weighted by atomic mass is 10.2. The van der Waals surface area contributed by atoms with Crippen molar-refractivity contribution >= 4 is 34.4 Å². The number of aryl methyl sites for hydroxylation is 3. The maximum Gasteiger partial charge on any atom is 0.267 e. The van der Waals surface area contributed by atoms with E-state index in [1.807, 2.05) is 71.0 Å². The van der Waals surface area contributed by atoms with E-state index in [-0.39, 0.29) is 5.91 Å². The van der Waals surface area contributed by atoms with E-state index in [9.17, 15) is 4.79 Å². The summed E-state index contributed by atoms with van der Waals surface area (Å²) in [5, 5.41) is 20.1. The number of carbonyl (C=O) groups is 1. The first-order chi connectivity index (χ1) is 14.8. The molecule has 8 nitrogen and oxygen atoms in total. The molecule has 0 saturated carbocycles. The van der Waals surface area contributed by atoms with Gasteiger partial charge in [-0.25, -0.2) is 9.67 Å². The van der Waals surface area contributed by atoms with Gasteiger partial charge in [0.1, 0.15) is 4.88 Å². The first kappa shape index (κ1) is 20.7. The van der Waals surface area contributed by atoms with Crippen LogP contribution in [0.5, 0.6) is 0 Å². The number of rotatable bonds is 5. The van der Waals surface area contributed by atoms with E-state index in [4.69, 9.17) is 0 Å². The van der Waals surface area contributed by atoms with Crippen LogP contribution in [0.3, 0.4) is 0 Å². The van der Waals surface area contributed by atoms with Crippen LogP contribution in [0.1, 0.15) is 37.3 Å². The summed E-state index contributed by atoms with van der Waals surface area (Å²) in [7, 11) is 0. The molecule has 1 amide bonds. The van der Waals surface area contributed by atoms with Crippen molar-refractivity contribution in [3.63, 3.8) is 0 Å². The average molecular weight is 434 g/mol. The Morgan fingerprint density at radius 1 is 0.903 bits per heavy atom. The van der Waals surface area contributed by atoms with E-state index >= 15 is 0 Å². The summed E-state index contributed by atoms with van der Waals surface area (Å²) >= 11 is 1.39. The normalized spacial score (nSPS) is 10.9. The predicted octanol–water partition coefficient (Wildman–Crippen LogP) is 4.66. The van der Waals surface area contributed by atoms with Gasteiger partial charge in [0.2, 0.25) is 0 Å². The van der Waals surface area contributed by atoms with E-state index in [0.29, 0.717) is 22.2 Å². The van der Waals surface area contributed by atoms with Gasteiger partial charge in [-0.3, -0.25) is 4.79 Å². The molecule has 0 saturated heterocycles. The fourth-order valence-corrected chi connectivity index (χ4v) is 3.98. The monoisotopic (exact) mass is 433 g/mol. The zero-order valence-electron chi connectivity index (χ0n) is 18.0. The lowest BCUT2D eigenvalue weighted by Gasteiger charge is -2.08. The molecule has 9 heteroatoms. The van der Waals surface area contributed by atoms with Gasteiger partial charge in [0.15, 0.2) is 11.6 Å². The number of aromatic nitrogens is 5. The minimum absolute atomic E-state index is 0.148. The van der Waals surface area contributed by atoms with Gasteiger partial charge in [0, 0.05) is 17.1 Å². The zero-order chi connectivity index (χ0) is 22.1. The van der Waals surface area contributed by atoms with Gasteiger partial charge in [0.25, 0.3) is 5.91 Å². The van der Waals surface area contributed by atoms with Crippen LogP contribution in [0.2, 0.25) is 0 Å². The molecule has 0 spiro atoms. The minimum atomic E-state index is -0.148. The lowest BCUT2D eigenvalue weighted by Crippen LogP contribution is -2.11. The molecule has 3 aromatic heterocycles. The number of nitrogens with one attached hydrogen (secondary N) is 2. The standard InChI is InChI=1S/C22H23N7OS/c1-12-13(2)28-29(15(12)4)20-11-10-19(26-27-20)24-17-6-8-18(9-7-17)25-22(30)21-14(3)23-16(5)31-21/h6-11H,1-5H3,(H,24,26)(H,25,30). The first-order valence-electron chi connectivity index (χ1n) is 9.81. The molecule has 4 aromatic rings. The maximum atomic E-state index is 12.4. The second-order valence-corrected chi connectivity index (χ2v) is 8.49. The van der Waals surface area contributed by atoms with Crippen molar-refractivity contribution in [2.24, 2.45) is 0 Å². The number of carbonyl (C=O) groups excluding carboxylic acids is 1. The molecule has 3 heterocycles. The fourth-order valence-electron chi connectivity index (χ4n) is 3.16. The number of anilines is 3. The number of nitrogens with zero attached hydrogens (tertiary/aromatic N) is 5. The van der Waals surface area contributed by atoms with Crippen molar-refractivity contribution in [2.75, 3.05) is 10.6 Å². The van der Waals surface area contributed by atoms with E-state index in [1.165, 1.54) is 11.3 Å². The van der Waals surface area contributed by atoms with Gasteiger partial charge >= 0.3 is 0 Å². The third kappa shape index (κ3) is 4.31. The lowest BCUT2D eigenvalue weighted by molar-refractivity contribution is 0.103. The summed E-state index contributed by atoms with van der Waals surface area (Å²) in [6.07, 6.45) is 0. The Balaban J connectivity index is 1.42. The molecule has 0 aliphatic rings. The van der Waals surface area contributed by atoms with Crippen LogP contribution < -0.4 is 10.6 Å². The van der Waals surface area contributed by atoms with Crippen molar-refractivity contribution in [2.45, 2.75) is 34.6 Å². The SMILES string of the molecule is Cc1nc(C)c(C(=O)Nc2ccc(Nc3ccc(-n4nc(C)c(C)c4C)nn3)cc2)s1. The molecule has 0 bridgehead atoms. The van der Waals surface area contributed by atoms with Gasteiger partial charge < -0.3 is 10.6 Å². The number of thiazole rings is 1. The molecule has 1 aromatic carbocycles. The van der Waals surface area contributed by atoms with Crippen molar-refractivity contribution < 1.29 is 4.79 Å². The topological polar surface area (TPSA) is 97.6 Å². The van der Waals surface area contributed by atoms with Gasteiger partial charge in [-0.15, -0.1) is 21.5 Å². The second kappa shape index (κ2) is 8.27. The Labute approximate surface area is 184 Å². The summed E-state index contributed by atoms with van der Waals surface area (Å²) in [6.45, 7) is 9.77. The van der Waals surface area contributed by atoms with Gasteiger partial charge in [-0.05, 0) is 76.6 Å². The highest BCUT2D eigenvalue weighted by atomic mass is 32.1. The number of hydrogen-bond acceptors (Lipinski definition) is 7. The van der Waals surface area contributed by atoms with Crippen LogP contribution in [0.4, 0.5) is 17.2 Å². The summed E-state index contributed by atoms with van der Waals surface area (Å²) in [5.41, 5.74) is 5.48. The van der Waals surface area contributed by atoms with Crippen molar-refractivity contribution in [3.05, 3.63) is 68.9 Å². The Bertz CT molecular complexity index is 1240. The Morgan fingerprint density at radius 3 is 2.16 bits per heavy atom. The molecule has 0 atom stereocenters. The molecule has 158 valence electrons. The quantitative estimate of drug-likeness (QED) is 0.475. The molecular weight excluding hydrogens is 410 g/mol. The van der Waals surface area contributed by atoms with Crippen molar-refractivity contribution in [3.8, 4) is 5.82 Å². The Morgan fingerprint density at radius 2 is 1.61 bits per heavy atom. The summed E-state index contributed by atoms with van der Waals surface area (Å²) in [4.78, 5) is 17.4.